The Morgan fingerprint density at radius 3 is 2.36 bits per heavy atom. The molecule has 0 aromatic heterocycles. The summed E-state index contributed by atoms with van der Waals surface area (Å²) in [4.78, 5) is 2.92. The van der Waals surface area contributed by atoms with Crippen LogP contribution in [0.1, 0.15) is 36.8 Å². The van der Waals surface area contributed by atoms with Crippen molar-refractivity contribution in [1.82, 2.24) is 9.21 Å². The molecule has 1 saturated heterocycles. The van der Waals surface area contributed by atoms with Gasteiger partial charge in [0.2, 0.25) is 10.0 Å². The fourth-order valence-corrected chi connectivity index (χ4v) is 4.85. The number of hydrogen-bond donors (Lipinski definition) is 0. The van der Waals surface area contributed by atoms with E-state index in [0.29, 0.717) is 24.0 Å². The van der Waals surface area contributed by atoms with E-state index in [1.54, 1.807) is 16.4 Å². The molecule has 0 unspecified atom stereocenters. The van der Waals surface area contributed by atoms with Gasteiger partial charge < -0.3 is 0 Å². The molecule has 3 rings (SSSR count). The van der Waals surface area contributed by atoms with Gasteiger partial charge >= 0.3 is 0 Å². The highest BCUT2D eigenvalue weighted by Crippen LogP contribution is 2.27. The predicted octanol–water partition coefficient (Wildman–Crippen LogP) is 2.55. The zero-order chi connectivity index (χ0) is 15.7. The molecule has 1 heterocycles. The molecule has 0 atom stereocenters. The van der Waals surface area contributed by atoms with Crippen LogP contribution in [-0.2, 0) is 10.0 Å². The Kier molecular flexibility index (Phi) is 4.57. The first-order chi connectivity index (χ1) is 10.5. The summed E-state index contributed by atoms with van der Waals surface area (Å²) in [7, 11) is -3.36. The first-order valence-electron chi connectivity index (χ1n) is 8.30. The molecule has 4 nitrogen and oxygen atoms in total. The van der Waals surface area contributed by atoms with Crippen LogP contribution in [0.3, 0.4) is 0 Å². The van der Waals surface area contributed by atoms with Gasteiger partial charge in [0, 0.05) is 25.7 Å². The molecule has 1 aliphatic heterocycles. The molecule has 2 fully saturated rings. The van der Waals surface area contributed by atoms with E-state index >= 15 is 0 Å². The molecule has 0 spiro atoms. The van der Waals surface area contributed by atoms with Crippen molar-refractivity contribution in [2.24, 2.45) is 0 Å². The van der Waals surface area contributed by atoms with Crippen molar-refractivity contribution in [2.45, 2.75) is 50.5 Å². The van der Waals surface area contributed by atoms with Crippen molar-refractivity contribution in [3.05, 3.63) is 29.3 Å². The van der Waals surface area contributed by atoms with Crippen molar-refractivity contribution in [3.63, 3.8) is 0 Å². The quantitative estimate of drug-likeness (QED) is 0.859. The third-order valence-corrected chi connectivity index (χ3v) is 7.09. The predicted molar refractivity (Wildman–Crippen MR) is 88.5 cm³/mol. The second kappa shape index (κ2) is 6.30. The second-order valence-corrected chi connectivity index (χ2v) is 8.56. The van der Waals surface area contributed by atoms with E-state index in [1.807, 2.05) is 19.9 Å². The van der Waals surface area contributed by atoms with Crippen LogP contribution in [0.2, 0.25) is 0 Å². The number of rotatable bonds is 3. The van der Waals surface area contributed by atoms with Crippen LogP contribution in [0.4, 0.5) is 0 Å². The van der Waals surface area contributed by atoms with E-state index in [0.717, 1.165) is 30.6 Å². The van der Waals surface area contributed by atoms with Crippen LogP contribution in [-0.4, -0.2) is 49.8 Å². The van der Waals surface area contributed by atoms with Crippen molar-refractivity contribution >= 4 is 10.0 Å². The van der Waals surface area contributed by atoms with Crippen molar-refractivity contribution in [1.29, 1.82) is 0 Å². The van der Waals surface area contributed by atoms with E-state index in [1.165, 1.54) is 19.3 Å². The summed E-state index contributed by atoms with van der Waals surface area (Å²) in [6.07, 6.45) is 4.82. The van der Waals surface area contributed by atoms with Crippen LogP contribution in [0.25, 0.3) is 0 Å². The number of sulfonamides is 1. The Bertz CT molecular complexity index is 638. The normalized spacial score (nSPS) is 22.3. The molecule has 0 bridgehead atoms. The Hall–Kier alpha value is -0.910. The van der Waals surface area contributed by atoms with Gasteiger partial charge in [0.25, 0.3) is 0 Å². The molecule has 1 aliphatic carbocycles. The molecule has 1 aromatic carbocycles. The van der Waals surface area contributed by atoms with Gasteiger partial charge in [-0.05, 0) is 62.9 Å². The van der Waals surface area contributed by atoms with Crippen molar-refractivity contribution in [3.8, 4) is 0 Å². The number of benzene rings is 1. The minimum absolute atomic E-state index is 0.438. The number of hydrogen-bond acceptors (Lipinski definition) is 3. The molecule has 2 aliphatic rings. The molecule has 122 valence electrons. The van der Waals surface area contributed by atoms with Crippen molar-refractivity contribution < 1.29 is 8.42 Å². The summed E-state index contributed by atoms with van der Waals surface area (Å²) in [5, 5.41) is 0. The lowest BCUT2D eigenvalue weighted by molar-refractivity contribution is 0.134. The van der Waals surface area contributed by atoms with Crippen LogP contribution < -0.4 is 0 Å². The first kappa shape index (κ1) is 16.0. The van der Waals surface area contributed by atoms with Crippen LogP contribution in [0.15, 0.2) is 23.1 Å². The lowest BCUT2D eigenvalue weighted by Crippen LogP contribution is -2.42. The SMILES string of the molecule is Cc1ccc(S(=O)(=O)N2CCCN(C3CCC3)CC2)cc1C. The highest BCUT2D eigenvalue weighted by Gasteiger charge is 2.31. The molecule has 0 amide bonds. The first-order valence-corrected chi connectivity index (χ1v) is 9.74. The van der Waals surface area contributed by atoms with Crippen LogP contribution >= 0.6 is 0 Å². The smallest absolute Gasteiger partial charge is 0.243 e. The number of aryl methyl sites for hydroxylation is 2. The summed E-state index contributed by atoms with van der Waals surface area (Å²) in [6.45, 7) is 7.13. The van der Waals surface area contributed by atoms with E-state index in [-0.39, 0.29) is 0 Å². The zero-order valence-electron chi connectivity index (χ0n) is 13.6. The summed E-state index contributed by atoms with van der Waals surface area (Å²) >= 11 is 0. The van der Waals surface area contributed by atoms with Gasteiger partial charge in [-0.1, -0.05) is 12.5 Å². The monoisotopic (exact) mass is 322 g/mol. The Labute approximate surface area is 134 Å². The van der Waals surface area contributed by atoms with Crippen LogP contribution in [0.5, 0.6) is 0 Å². The fourth-order valence-electron chi connectivity index (χ4n) is 3.29. The van der Waals surface area contributed by atoms with Crippen molar-refractivity contribution in [2.75, 3.05) is 26.2 Å². The molecular formula is C17H26N2O2S. The highest BCUT2D eigenvalue weighted by molar-refractivity contribution is 7.89. The molecule has 0 N–H and O–H groups in total. The molecular weight excluding hydrogens is 296 g/mol. The standard InChI is InChI=1S/C17H26N2O2S/c1-14-7-8-17(13-15(14)2)22(20,21)19-10-4-9-18(11-12-19)16-5-3-6-16/h7-8,13,16H,3-6,9-12H2,1-2H3. The van der Waals surface area contributed by atoms with Crippen LogP contribution in [0, 0.1) is 13.8 Å². The van der Waals surface area contributed by atoms with Gasteiger partial charge in [0.1, 0.15) is 0 Å². The summed E-state index contributed by atoms with van der Waals surface area (Å²) in [6, 6.07) is 6.15. The largest absolute Gasteiger partial charge is 0.299 e. The third kappa shape index (κ3) is 3.07. The minimum Gasteiger partial charge on any atom is -0.299 e. The fraction of sp³-hybridized carbons (Fsp3) is 0.647. The zero-order valence-corrected chi connectivity index (χ0v) is 14.4. The minimum atomic E-state index is -3.36. The van der Waals surface area contributed by atoms with Gasteiger partial charge in [-0.3, -0.25) is 4.90 Å². The van der Waals surface area contributed by atoms with Gasteiger partial charge in [-0.15, -0.1) is 0 Å². The Morgan fingerprint density at radius 1 is 0.955 bits per heavy atom. The van der Waals surface area contributed by atoms with Gasteiger partial charge in [-0.2, -0.15) is 4.31 Å². The average molecular weight is 322 g/mol. The second-order valence-electron chi connectivity index (χ2n) is 6.62. The Balaban J connectivity index is 1.75. The maximum atomic E-state index is 12.9. The maximum absolute atomic E-state index is 12.9. The molecule has 5 heteroatoms. The van der Waals surface area contributed by atoms with E-state index < -0.39 is 10.0 Å². The van der Waals surface area contributed by atoms with E-state index in [2.05, 4.69) is 4.90 Å². The average Bonchev–Trinajstić information content (AvgIpc) is 2.66. The van der Waals surface area contributed by atoms with E-state index in [9.17, 15) is 8.42 Å². The number of nitrogens with zero attached hydrogens (tertiary/aromatic N) is 2. The molecule has 1 saturated carbocycles. The maximum Gasteiger partial charge on any atom is 0.243 e. The molecule has 1 aromatic rings. The van der Waals surface area contributed by atoms with Gasteiger partial charge in [0.05, 0.1) is 4.90 Å². The summed E-state index contributed by atoms with van der Waals surface area (Å²) < 4.78 is 27.4. The third-order valence-electron chi connectivity index (χ3n) is 5.20. The topological polar surface area (TPSA) is 40.6 Å². The van der Waals surface area contributed by atoms with E-state index in [4.69, 9.17) is 0 Å². The Morgan fingerprint density at radius 2 is 1.73 bits per heavy atom. The van der Waals surface area contributed by atoms with Gasteiger partial charge in [0.15, 0.2) is 0 Å². The molecule has 22 heavy (non-hydrogen) atoms. The highest BCUT2D eigenvalue weighted by atomic mass is 32.2. The van der Waals surface area contributed by atoms with Gasteiger partial charge in [-0.25, -0.2) is 8.42 Å². The summed E-state index contributed by atoms with van der Waals surface area (Å²) in [5.74, 6) is 0. The lowest BCUT2D eigenvalue weighted by Gasteiger charge is -2.36. The molecule has 0 radical (unpaired) electrons. The summed E-state index contributed by atoms with van der Waals surface area (Å²) in [5.41, 5.74) is 2.16. The lowest BCUT2D eigenvalue weighted by atomic mass is 9.91.